The average molecular weight is 273 g/mol. The molecule has 0 amide bonds. The van der Waals surface area contributed by atoms with E-state index >= 15 is 0 Å². The van der Waals surface area contributed by atoms with E-state index in [9.17, 15) is 4.79 Å². The van der Waals surface area contributed by atoms with Crippen LogP contribution < -0.4 is 0 Å². The quantitative estimate of drug-likeness (QED) is 0.629. The summed E-state index contributed by atoms with van der Waals surface area (Å²) in [5.41, 5.74) is 3.20. The molecule has 4 heteroatoms. The van der Waals surface area contributed by atoms with E-state index in [0.29, 0.717) is 23.5 Å². The van der Waals surface area contributed by atoms with Gasteiger partial charge in [0.2, 0.25) is 0 Å². The van der Waals surface area contributed by atoms with Gasteiger partial charge in [-0.15, -0.1) is 0 Å². The maximum Gasteiger partial charge on any atom is 0.155 e. The van der Waals surface area contributed by atoms with Gasteiger partial charge in [-0.1, -0.05) is 42.3 Å². The molecule has 0 N–H and O–H groups in total. The van der Waals surface area contributed by atoms with E-state index in [4.69, 9.17) is 11.6 Å². The first-order valence-corrected chi connectivity index (χ1v) is 6.73. The number of nitrogens with zero attached hydrogens (tertiary/aromatic N) is 2. The van der Waals surface area contributed by atoms with Crippen LogP contribution in [0, 0.1) is 0 Å². The Morgan fingerprint density at radius 3 is 2.47 bits per heavy atom. The van der Waals surface area contributed by atoms with E-state index in [1.54, 1.807) is 0 Å². The minimum Gasteiger partial charge on any atom is -0.298 e. The molecule has 0 atom stereocenters. The Kier molecular flexibility index (Phi) is 3.30. The molecule has 0 aliphatic heterocycles. The van der Waals surface area contributed by atoms with Gasteiger partial charge in [0.15, 0.2) is 6.29 Å². The zero-order valence-electron chi connectivity index (χ0n) is 10.3. The van der Waals surface area contributed by atoms with Gasteiger partial charge in [-0.05, 0) is 24.3 Å². The van der Waals surface area contributed by atoms with Crippen LogP contribution in [0.25, 0.3) is 11.3 Å². The third kappa shape index (κ3) is 2.26. The summed E-state index contributed by atoms with van der Waals surface area (Å²) in [4.78, 5) is 19.1. The van der Waals surface area contributed by atoms with Gasteiger partial charge in [0.25, 0.3) is 0 Å². The molecule has 0 saturated heterocycles. The molecule has 0 radical (unpaired) electrons. The maximum absolute atomic E-state index is 11.1. The van der Waals surface area contributed by atoms with Crippen molar-refractivity contribution in [2.75, 3.05) is 0 Å². The van der Waals surface area contributed by atoms with Crippen LogP contribution in [0.2, 0.25) is 5.15 Å². The molecular formula is C15H13ClN2O. The van der Waals surface area contributed by atoms with Gasteiger partial charge in [0, 0.05) is 5.56 Å². The summed E-state index contributed by atoms with van der Waals surface area (Å²) in [5, 5.41) is 0.197. The predicted molar refractivity (Wildman–Crippen MR) is 74.5 cm³/mol. The van der Waals surface area contributed by atoms with Crippen molar-refractivity contribution in [1.82, 2.24) is 9.97 Å². The van der Waals surface area contributed by atoms with E-state index in [1.165, 1.54) is 31.2 Å². The largest absolute Gasteiger partial charge is 0.298 e. The highest BCUT2D eigenvalue weighted by Gasteiger charge is 2.19. The van der Waals surface area contributed by atoms with Crippen molar-refractivity contribution in [2.45, 2.75) is 25.2 Å². The third-order valence-electron chi connectivity index (χ3n) is 3.71. The number of benzene rings is 1. The second-order valence-corrected chi connectivity index (χ2v) is 5.15. The van der Waals surface area contributed by atoms with Crippen molar-refractivity contribution in [1.29, 1.82) is 0 Å². The molecular weight excluding hydrogens is 260 g/mol. The molecule has 2 aromatic rings. The van der Waals surface area contributed by atoms with Crippen LogP contribution in [-0.4, -0.2) is 16.3 Å². The third-order valence-corrected chi connectivity index (χ3v) is 4.02. The van der Waals surface area contributed by atoms with Crippen molar-refractivity contribution < 1.29 is 4.79 Å². The molecule has 1 heterocycles. The zero-order chi connectivity index (χ0) is 13.2. The number of aromatic nitrogens is 2. The smallest absolute Gasteiger partial charge is 0.155 e. The minimum absolute atomic E-state index is 0.197. The Labute approximate surface area is 116 Å². The molecule has 1 aliphatic rings. The van der Waals surface area contributed by atoms with Gasteiger partial charge in [-0.25, -0.2) is 9.97 Å². The number of carbonyl (C=O) groups is 1. The Morgan fingerprint density at radius 1 is 1.16 bits per heavy atom. The van der Waals surface area contributed by atoms with E-state index in [0.717, 1.165) is 5.56 Å². The highest BCUT2D eigenvalue weighted by atomic mass is 35.5. The normalized spacial score (nSPS) is 15.0. The van der Waals surface area contributed by atoms with Crippen LogP contribution >= 0.6 is 11.6 Å². The molecule has 0 bridgehead atoms. The molecule has 3 nitrogen and oxygen atoms in total. The number of hydrogen-bond donors (Lipinski definition) is 0. The van der Waals surface area contributed by atoms with Crippen molar-refractivity contribution in [3.63, 3.8) is 0 Å². The minimum atomic E-state index is 0.197. The SMILES string of the molecule is O=Cc1c(Cl)ncnc1-c1ccc(C2CCC2)cc1. The van der Waals surface area contributed by atoms with Crippen LogP contribution in [0.1, 0.15) is 41.1 Å². The average Bonchev–Trinajstić information content (AvgIpc) is 2.37. The van der Waals surface area contributed by atoms with Gasteiger partial charge in [0.1, 0.15) is 11.5 Å². The highest BCUT2D eigenvalue weighted by Crippen LogP contribution is 2.37. The lowest BCUT2D eigenvalue weighted by Gasteiger charge is -2.25. The maximum atomic E-state index is 11.1. The van der Waals surface area contributed by atoms with Crippen LogP contribution in [0.5, 0.6) is 0 Å². The van der Waals surface area contributed by atoms with E-state index in [1.807, 2.05) is 12.1 Å². The van der Waals surface area contributed by atoms with Crippen molar-refractivity contribution in [3.05, 3.63) is 46.9 Å². The Balaban J connectivity index is 1.97. The molecule has 1 saturated carbocycles. The van der Waals surface area contributed by atoms with Gasteiger partial charge < -0.3 is 0 Å². The summed E-state index contributed by atoms with van der Waals surface area (Å²) in [6.07, 6.45) is 5.96. The number of aldehydes is 1. The lowest BCUT2D eigenvalue weighted by molar-refractivity contribution is 0.112. The fourth-order valence-electron chi connectivity index (χ4n) is 2.36. The van der Waals surface area contributed by atoms with Gasteiger partial charge in [-0.3, -0.25) is 4.79 Å². The van der Waals surface area contributed by atoms with Crippen molar-refractivity contribution >= 4 is 17.9 Å². The molecule has 1 aromatic carbocycles. The molecule has 96 valence electrons. The van der Waals surface area contributed by atoms with Crippen LogP contribution in [0.15, 0.2) is 30.6 Å². The number of halogens is 1. The Morgan fingerprint density at radius 2 is 1.89 bits per heavy atom. The molecule has 19 heavy (non-hydrogen) atoms. The fourth-order valence-corrected chi connectivity index (χ4v) is 2.54. The highest BCUT2D eigenvalue weighted by molar-refractivity contribution is 6.32. The molecule has 1 aromatic heterocycles. The molecule has 1 aliphatic carbocycles. The van der Waals surface area contributed by atoms with Gasteiger partial charge in [-0.2, -0.15) is 0 Å². The molecule has 0 unspecified atom stereocenters. The Hall–Kier alpha value is -1.74. The monoisotopic (exact) mass is 272 g/mol. The predicted octanol–water partition coefficient (Wildman–Crippen LogP) is 3.88. The number of rotatable bonds is 3. The Bertz CT molecular complexity index is 606. The van der Waals surface area contributed by atoms with Crippen molar-refractivity contribution in [3.8, 4) is 11.3 Å². The first-order chi connectivity index (χ1) is 9.29. The van der Waals surface area contributed by atoms with E-state index in [2.05, 4.69) is 22.1 Å². The molecule has 1 fully saturated rings. The summed E-state index contributed by atoms with van der Waals surface area (Å²) >= 11 is 5.91. The first kappa shape index (κ1) is 12.3. The topological polar surface area (TPSA) is 42.9 Å². The first-order valence-electron chi connectivity index (χ1n) is 6.35. The zero-order valence-corrected chi connectivity index (χ0v) is 11.1. The summed E-state index contributed by atoms with van der Waals surface area (Å²) < 4.78 is 0. The van der Waals surface area contributed by atoms with E-state index in [-0.39, 0.29) is 5.15 Å². The van der Waals surface area contributed by atoms with E-state index < -0.39 is 0 Å². The summed E-state index contributed by atoms with van der Waals surface area (Å²) in [5.74, 6) is 0.702. The second kappa shape index (κ2) is 5.10. The number of hydrogen-bond acceptors (Lipinski definition) is 3. The second-order valence-electron chi connectivity index (χ2n) is 4.79. The van der Waals surface area contributed by atoms with Gasteiger partial charge in [0.05, 0.1) is 11.3 Å². The fraction of sp³-hybridized carbons (Fsp3) is 0.267. The van der Waals surface area contributed by atoms with Gasteiger partial charge >= 0.3 is 0 Å². The standard InChI is InChI=1S/C15H13ClN2O/c16-15-13(8-19)14(17-9-18-15)12-6-4-11(5-7-12)10-2-1-3-10/h4-10H,1-3H2. The lowest BCUT2D eigenvalue weighted by atomic mass is 9.80. The van der Waals surface area contributed by atoms with Crippen molar-refractivity contribution in [2.24, 2.45) is 0 Å². The lowest BCUT2D eigenvalue weighted by Crippen LogP contribution is -2.08. The molecule has 3 rings (SSSR count). The molecule has 0 spiro atoms. The number of carbonyl (C=O) groups excluding carboxylic acids is 1. The summed E-state index contributed by atoms with van der Waals surface area (Å²) in [6, 6.07) is 8.23. The van der Waals surface area contributed by atoms with Crippen LogP contribution in [-0.2, 0) is 0 Å². The van der Waals surface area contributed by atoms with Crippen LogP contribution in [0.4, 0.5) is 0 Å². The summed E-state index contributed by atoms with van der Waals surface area (Å²) in [7, 11) is 0. The summed E-state index contributed by atoms with van der Waals surface area (Å²) in [6.45, 7) is 0. The van der Waals surface area contributed by atoms with Crippen LogP contribution in [0.3, 0.4) is 0 Å².